The number of hydrogen-bond acceptors (Lipinski definition) is 4. The highest BCUT2D eigenvalue weighted by Crippen LogP contribution is 2.32. The minimum Gasteiger partial charge on any atom is -0.335 e. The minimum absolute atomic E-state index is 0.0890. The van der Waals surface area contributed by atoms with E-state index in [-0.39, 0.29) is 12.5 Å². The maximum atomic E-state index is 13.4. The highest BCUT2D eigenvalue weighted by molar-refractivity contribution is 6.10. The summed E-state index contributed by atoms with van der Waals surface area (Å²) in [5.41, 5.74) is 0.169. The summed E-state index contributed by atoms with van der Waals surface area (Å²) in [5.74, 6) is -1.25. The Kier molecular flexibility index (Phi) is 5.22. The Hall–Kier alpha value is -3.68. The first-order chi connectivity index (χ1) is 14.5. The molecule has 1 atom stereocenters. The molecule has 0 bridgehead atoms. The molecule has 0 aromatic heterocycles. The number of amides is 6. The third-order valence-corrected chi connectivity index (χ3v) is 5.22. The van der Waals surface area contributed by atoms with Crippen molar-refractivity contribution in [3.05, 3.63) is 71.8 Å². The van der Waals surface area contributed by atoms with Crippen molar-refractivity contribution >= 4 is 23.9 Å². The van der Waals surface area contributed by atoms with Crippen LogP contribution in [-0.4, -0.2) is 41.4 Å². The second-order valence-electron chi connectivity index (χ2n) is 7.55. The predicted octanol–water partition coefficient (Wildman–Crippen LogP) is 1.66. The lowest BCUT2D eigenvalue weighted by atomic mass is 9.83. The molecule has 1 saturated carbocycles. The fourth-order valence-electron chi connectivity index (χ4n) is 3.57. The lowest BCUT2D eigenvalue weighted by Crippen LogP contribution is -2.48. The topological polar surface area (TPSA) is 108 Å². The first-order valence-corrected chi connectivity index (χ1v) is 9.82. The molecular weight excluding hydrogens is 384 g/mol. The molecule has 30 heavy (non-hydrogen) atoms. The Labute approximate surface area is 173 Å². The Morgan fingerprint density at radius 3 is 2.27 bits per heavy atom. The molecule has 1 aliphatic heterocycles. The summed E-state index contributed by atoms with van der Waals surface area (Å²) in [5, 5.41) is 7.60. The molecule has 2 aliphatic rings. The van der Waals surface area contributed by atoms with Gasteiger partial charge in [0.15, 0.2) is 5.54 Å². The zero-order chi connectivity index (χ0) is 21.1. The summed E-state index contributed by atoms with van der Waals surface area (Å²) in [6, 6.07) is 17.1. The van der Waals surface area contributed by atoms with Crippen molar-refractivity contribution in [2.45, 2.75) is 30.8 Å². The van der Waals surface area contributed by atoms with Gasteiger partial charge in [0.25, 0.3) is 5.91 Å². The van der Waals surface area contributed by atoms with Crippen LogP contribution >= 0.6 is 0 Å². The molecule has 8 nitrogen and oxygen atoms in total. The first-order valence-electron chi connectivity index (χ1n) is 9.82. The van der Waals surface area contributed by atoms with E-state index in [1.54, 1.807) is 24.3 Å². The van der Waals surface area contributed by atoms with E-state index >= 15 is 0 Å². The van der Waals surface area contributed by atoms with E-state index in [1.165, 1.54) is 0 Å². The van der Waals surface area contributed by atoms with E-state index in [0.717, 1.165) is 23.3 Å². The van der Waals surface area contributed by atoms with Gasteiger partial charge in [-0.2, -0.15) is 0 Å². The van der Waals surface area contributed by atoms with Gasteiger partial charge in [0.1, 0.15) is 6.54 Å². The average Bonchev–Trinajstić information content (AvgIpc) is 3.52. The molecule has 2 fully saturated rings. The number of rotatable bonds is 6. The summed E-state index contributed by atoms with van der Waals surface area (Å²) >= 11 is 0. The van der Waals surface area contributed by atoms with Gasteiger partial charge in [-0.3, -0.25) is 19.8 Å². The summed E-state index contributed by atoms with van der Waals surface area (Å²) < 4.78 is 0. The zero-order valence-corrected chi connectivity index (χ0v) is 16.3. The van der Waals surface area contributed by atoms with Gasteiger partial charge < -0.3 is 10.6 Å². The smallest absolute Gasteiger partial charge is 0.325 e. The first kappa shape index (κ1) is 19.6. The number of carbonyl (C=O) groups excluding carboxylic acids is 4. The normalized spacial score (nSPS) is 20.6. The number of nitrogens with zero attached hydrogens (tertiary/aromatic N) is 1. The molecule has 3 N–H and O–H groups in total. The number of hydrogen-bond donors (Lipinski definition) is 3. The maximum Gasteiger partial charge on any atom is 0.325 e. The van der Waals surface area contributed by atoms with Crippen molar-refractivity contribution in [1.29, 1.82) is 0 Å². The van der Waals surface area contributed by atoms with Crippen molar-refractivity contribution < 1.29 is 19.2 Å². The molecule has 1 aliphatic carbocycles. The van der Waals surface area contributed by atoms with Gasteiger partial charge >= 0.3 is 12.1 Å². The highest BCUT2D eigenvalue weighted by atomic mass is 16.2. The van der Waals surface area contributed by atoms with E-state index in [1.807, 2.05) is 36.4 Å². The van der Waals surface area contributed by atoms with Crippen molar-refractivity contribution in [2.24, 2.45) is 0 Å². The van der Waals surface area contributed by atoms with Gasteiger partial charge in [0.05, 0.1) is 0 Å². The number of nitrogens with one attached hydrogen (secondary N) is 3. The van der Waals surface area contributed by atoms with E-state index in [2.05, 4.69) is 16.0 Å². The van der Waals surface area contributed by atoms with E-state index in [0.29, 0.717) is 5.56 Å². The van der Waals surface area contributed by atoms with Gasteiger partial charge in [-0.1, -0.05) is 60.7 Å². The second kappa shape index (κ2) is 7.98. The lowest BCUT2D eigenvalue weighted by Gasteiger charge is -2.27. The largest absolute Gasteiger partial charge is 0.335 e. The molecule has 154 valence electrons. The van der Waals surface area contributed by atoms with E-state index in [4.69, 9.17) is 0 Å². The molecule has 2 aromatic rings. The fourth-order valence-corrected chi connectivity index (χ4v) is 3.57. The molecule has 0 unspecified atom stereocenters. The standard InChI is InChI=1S/C22H22N4O4/c27-18(24-20(29)23-17-11-12-17)14-26-19(28)22(25-21(26)30,16-9-5-2-6-10-16)13-15-7-3-1-4-8-15/h1-10,17H,11-14H2,(H,25,30)(H2,23,24,27,29)/t22-/m1/s1. The molecule has 2 aromatic carbocycles. The maximum absolute atomic E-state index is 13.4. The molecule has 0 spiro atoms. The van der Waals surface area contributed by atoms with Crippen molar-refractivity contribution in [3.63, 3.8) is 0 Å². The molecule has 1 heterocycles. The van der Waals surface area contributed by atoms with Crippen LogP contribution in [0.2, 0.25) is 0 Å². The second-order valence-corrected chi connectivity index (χ2v) is 7.55. The quantitative estimate of drug-likeness (QED) is 0.634. The Morgan fingerprint density at radius 1 is 1.00 bits per heavy atom. The average molecular weight is 406 g/mol. The summed E-state index contributed by atoms with van der Waals surface area (Å²) in [7, 11) is 0. The molecule has 0 radical (unpaired) electrons. The number of carbonyl (C=O) groups is 4. The van der Waals surface area contributed by atoms with Crippen LogP contribution < -0.4 is 16.0 Å². The molecule has 6 amide bonds. The molecule has 8 heteroatoms. The van der Waals surface area contributed by atoms with E-state index < -0.39 is 36.0 Å². The highest BCUT2D eigenvalue weighted by Gasteiger charge is 2.52. The van der Waals surface area contributed by atoms with E-state index in [9.17, 15) is 19.2 Å². The lowest BCUT2D eigenvalue weighted by molar-refractivity contribution is -0.135. The Morgan fingerprint density at radius 2 is 1.63 bits per heavy atom. The monoisotopic (exact) mass is 406 g/mol. The molecule has 4 rings (SSSR count). The third-order valence-electron chi connectivity index (χ3n) is 5.22. The van der Waals surface area contributed by atoms with Crippen LogP contribution in [0.5, 0.6) is 0 Å². The van der Waals surface area contributed by atoms with Gasteiger partial charge in [0, 0.05) is 12.5 Å². The Bertz CT molecular complexity index is 975. The van der Waals surface area contributed by atoms with Gasteiger partial charge in [0.2, 0.25) is 5.91 Å². The SMILES string of the molecule is O=C(CN1C(=O)N[C@](Cc2ccccc2)(c2ccccc2)C1=O)NC(=O)NC1CC1. The van der Waals surface area contributed by atoms with Crippen LogP contribution in [0, 0.1) is 0 Å². The van der Waals surface area contributed by atoms with Gasteiger partial charge in [-0.05, 0) is 24.0 Å². The van der Waals surface area contributed by atoms with Crippen LogP contribution in [0.3, 0.4) is 0 Å². The minimum atomic E-state index is -1.32. The summed E-state index contributed by atoms with van der Waals surface area (Å²) in [6.45, 7) is -0.536. The summed E-state index contributed by atoms with van der Waals surface area (Å²) in [6.07, 6.45) is 2.00. The third kappa shape index (κ3) is 4.03. The van der Waals surface area contributed by atoms with Crippen LogP contribution in [0.1, 0.15) is 24.0 Å². The van der Waals surface area contributed by atoms with Crippen molar-refractivity contribution in [2.75, 3.05) is 6.54 Å². The van der Waals surface area contributed by atoms with Gasteiger partial charge in [-0.25, -0.2) is 9.59 Å². The predicted molar refractivity (Wildman–Crippen MR) is 108 cm³/mol. The number of urea groups is 2. The Balaban J connectivity index is 1.55. The molecular formula is C22H22N4O4. The number of benzene rings is 2. The van der Waals surface area contributed by atoms with Gasteiger partial charge in [-0.15, -0.1) is 0 Å². The van der Waals surface area contributed by atoms with Crippen LogP contribution in [0.4, 0.5) is 9.59 Å². The van der Waals surface area contributed by atoms with Crippen LogP contribution in [-0.2, 0) is 21.5 Å². The number of imide groups is 2. The van der Waals surface area contributed by atoms with Crippen molar-refractivity contribution in [3.8, 4) is 0 Å². The van der Waals surface area contributed by atoms with Crippen LogP contribution in [0.15, 0.2) is 60.7 Å². The summed E-state index contributed by atoms with van der Waals surface area (Å²) in [4.78, 5) is 51.0. The van der Waals surface area contributed by atoms with Crippen molar-refractivity contribution in [1.82, 2.24) is 20.9 Å². The van der Waals surface area contributed by atoms with Crippen LogP contribution in [0.25, 0.3) is 0 Å². The fraction of sp³-hybridized carbons (Fsp3) is 0.273. The molecule has 1 saturated heterocycles. The zero-order valence-electron chi connectivity index (χ0n) is 16.3.